The molecule has 0 bridgehead atoms. The normalized spacial score (nSPS) is 20.2. The van der Waals surface area contributed by atoms with Crippen LogP contribution in [0.5, 0.6) is 0 Å². The van der Waals surface area contributed by atoms with Crippen LogP contribution in [0.15, 0.2) is 66.7 Å². The Balaban J connectivity index is 1.50. The number of para-hydroxylation sites is 1. The quantitative estimate of drug-likeness (QED) is 0.732. The number of rotatable bonds is 4. The SMILES string of the molecule is CC(O)c1ccccc1NC(=O)C1CC1c1ccc2ccccc2c1. The molecule has 0 aromatic heterocycles. The van der Waals surface area contributed by atoms with Gasteiger partial charge < -0.3 is 10.4 Å². The van der Waals surface area contributed by atoms with Gasteiger partial charge in [-0.1, -0.05) is 60.7 Å². The number of benzene rings is 3. The Morgan fingerprint density at radius 1 is 1.04 bits per heavy atom. The van der Waals surface area contributed by atoms with Gasteiger partial charge in [0.2, 0.25) is 5.91 Å². The first-order valence-corrected chi connectivity index (χ1v) is 8.70. The van der Waals surface area contributed by atoms with Crippen LogP contribution in [0.1, 0.15) is 36.5 Å². The molecule has 126 valence electrons. The van der Waals surface area contributed by atoms with Crippen molar-refractivity contribution in [1.82, 2.24) is 0 Å². The maximum atomic E-state index is 12.6. The highest BCUT2D eigenvalue weighted by Crippen LogP contribution is 2.48. The van der Waals surface area contributed by atoms with Gasteiger partial charge in [0.25, 0.3) is 0 Å². The van der Waals surface area contributed by atoms with E-state index in [1.807, 2.05) is 36.4 Å². The van der Waals surface area contributed by atoms with E-state index in [1.54, 1.807) is 6.92 Å². The molecule has 1 aliphatic rings. The highest BCUT2D eigenvalue weighted by Gasteiger charge is 2.44. The summed E-state index contributed by atoms with van der Waals surface area (Å²) in [5.74, 6) is 0.317. The first kappa shape index (κ1) is 15.9. The standard InChI is InChI=1S/C22H21NO2/c1-14(24)18-8-4-5-9-21(18)23-22(25)20-13-19(20)17-11-10-15-6-2-3-7-16(15)12-17/h2-12,14,19-20,24H,13H2,1H3,(H,23,25). The maximum Gasteiger partial charge on any atom is 0.228 e. The number of fused-ring (bicyclic) bond motifs is 1. The van der Waals surface area contributed by atoms with Crippen LogP contribution in [0.3, 0.4) is 0 Å². The number of anilines is 1. The van der Waals surface area contributed by atoms with Crippen molar-refractivity contribution in [2.24, 2.45) is 5.92 Å². The number of aliphatic hydroxyl groups excluding tert-OH is 1. The molecule has 1 amide bonds. The third-order valence-electron chi connectivity index (χ3n) is 5.00. The van der Waals surface area contributed by atoms with Gasteiger partial charge in [0.15, 0.2) is 0 Å². The highest BCUT2D eigenvalue weighted by molar-refractivity contribution is 5.96. The van der Waals surface area contributed by atoms with E-state index in [2.05, 4.69) is 35.6 Å². The number of nitrogens with one attached hydrogen (secondary N) is 1. The summed E-state index contributed by atoms with van der Waals surface area (Å²) >= 11 is 0. The fourth-order valence-corrected chi connectivity index (χ4v) is 3.49. The summed E-state index contributed by atoms with van der Waals surface area (Å²) in [6.45, 7) is 1.71. The number of hydrogen-bond acceptors (Lipinski definition) is 2. The van der Waals surface area contributed by atoms with Crippen molar-refractivity contribution in [2.75, 3.05) is 5.32 Å². The molecule has 25 heavy (non-hydrogen) atoms. The predicted molar refractivity (Wildman–Crippen MR) is 101 cm³/mol. The third-order valence-corrected chi connectivity index (χ3v) is 5.00. The van der Waals surface area contributed by atoms with Gasteiger partial charge in [0.05, 0.1) is 6.10 Å². The van der Waals surface area contributed by atoms with E-state index in [0.717, 1.165) is 12.0 Å². The molecule has 1 aliphatic carbocycles. The van der Waals surface area contributed by atoms with Crippen LogP contribution in [0.2, 0.25) is 0 Å². The monoisotopic (exact) mass is 331 g/mol. The molecule has 0 radical (unpaired) electrons. The number of carbonyl (C=O) groups is 1. The average Bonchev–Trinajstić information content (AvgIpc) is 3.42. The summed E-state index contributed by atoms with van der Waals surface area (Å²) < 4.78 is 0. The molecule has 0 spiro atoms. The first-order valence-electron chi connectivity index (χ1n) is 8.70. The molecule has 3 nitrogen and oxygen atoms in total. The number of carbonyl (C=O) groups excluding carboxylic acids is 1. The summed E-state index contributed by atoms with van der Waals surface area (Å²) in [6, 6.07) is 22.1. The van der Waals surface area contributed by atoms with Gasteiger partial charge in [-0.05, 0) is 41.7 Å². The highest BCUT2D eigenvalue weighted by atomic mass is 16.3. The van der Waals surface area contributed by atoms with Crippen molar-refractivity contribution in [2.45, 2.75) is 25.4 Å². The van der Waals surface area contributed by atoms with E-state index in [-0.39, 0.29) is 17.7 Å². The molecular weight excluding hydrogens is 310 g/mol. The molecule has 1 fully saturated rings. The molecular formula is C22H21NO2. The Hall–Kier alpha value is -2.65. The number of aliphatic hydroxyl groups is 1. The second-order valence-corrected chi connectivity index (χ2v) is 6.81. The minimum absolute atomic E-state index is 0.00298. The molecule has 0 heterocycles. The lowest BCUT2D eigenvalue weighted by atomic mass is 10.0. The van der Waals surface area contributed by atoms with Gasteiger partial charge in [0, 0.05) is 17.2 Å². The molecule has 0 aliphatic heterocycles. The van der Waals surface area contributed by atoms with Crippen LogP contribution in [-0.4, -0.2) is 11.0 Å². The molecule has 3 aromatic carbocycles. The number of hydrogen-bond donors (Lipinski definition) is 2. The third kappa shape index (κ3) is 3.15. The lowest BCUT2D eigenvalue weighted by molar-refractivity contribution is -0.117. The summed E-state index contributed by atoms with van der Waals surface area (Å²) in [5, 5.41) is 15.3. The topological polar surface area (TPSA) is 49.3 Å². The Labute approximate surface area is 147 Å². The summed E-state index contributed by atoms with van der Waals surface area (Å²) in [6.07, 6.45) is 0.271. The summed E-state index contributed by atoms with van der Waals surface area (Å²) in [7, 11) is 0. The van der Waals surface area contributed by atoms with E-state index in [4.69, 9.17) is 0 Å². The van der Waals surface area contributed by atoms with E-state index in [0.29, 0.717) is 5.69 Å². The predicted octanol–water partition coefficient (Wildman–Crippen LogP) is 4.64. The van der Waals surface area contributed by atoms with Crippen molar-refractivity contribution < 1.29 is 9.90 Å². The lowest BCUT2D eigenvalue weighted by Gasteiger charge is -2.13. The largest absolute Gasteiger partial charge is 0.389 e. The Morgan fingerprint density at radius 3 is 2.56 bits per heavy atom. The van der Waals surface area contributed by atoms with E-state index in [1.165, 1.54) is 16.3 Å². The van der Waals surface area contributed by atoms with Gasteiger partial charge in [-0.15, -0.1) is 0 Å². The van der Waals surface area contributed by atoms with Gasteiger partial charge in [-0.25, -0.2) is 0 Å². The van der Waals surface area contributed by atoms with Gasteiger partial charge >= 0.3 is 0 Å². The molecule has 3 unspecified atom stereocenters. The van der Waals surface area contributed by atoms with Crippen molar-refractivity contribution in [3.8, 4) is 0 Å². The van der Waals surface area contributed by atoms with Crippen molar-refractivity contribution in [3.63, 3.8) is 0 Å². The van der Waals surface area contributed by atoms with Crippen molar-refractivity contribution in [3.05, 3.63) is 77.9 Å². The lowest BCUT2D eigenvalue weighted by Crippen LogP contribution is -2.16. The summed E-state index contributed by atoms with van der Waals surface area (Å²) in [5.41, 5.74) is 2.67. The van der Waals surface area contributed by atoms with Crippen LogP contribution >= 0.6 is 0 Å². The van der Waals surface area contributed by atoms with Gasteiger partial charge in [0.1, 0.15) is 0 Å². The Morgan fingerprint density at radius 2 is 1.76 bits per heavy atom. The van der Waals surface area contributed by atoms with Crippen LogP contribution in [0.25, 0.3) is 10.8 Å². The smallest absolute Gasteiger partial charge is 0.228 e. The minimum atomic E-state index is -0.605. The van der Waals surface area contributed by atoms with Crippen LogP contribution in [-0.2, 0) is 4.79 Å². The Kier molecular flexibility index (Phi) is 4.02. The molecule has 3 heteroatoms. The minimum Gasteiger partial charge on any atom is -0.389 e. The van der Waals surface area contributed by atoms with Crippen LogP contribution < -0.4 is 5.32 Å². The zero-order chi connectivity index (χ0) is 17.4. The molecule has 3 aromatic rings. The number of amides is 1. The molecule has 2 N–H and O–H groups in total. The molecule has 4 rings (SSSR count). The zero-order valence-electron chi connectivity index (χ0n) is 14.1. The Bertz CT molecular complexity index is 932. The first-order chi connectivity index (χ1) is 12.1. The molecule has 1 saturated carbocycles. The fraction of sp³-hybridized carbons (Fsp3) is 0.227. The van der Waals surface area contributed by atoms with E-state index in [9.17, 15) is 9.90 Å². The zero-order valence-corrected chi connectivity index (χ0v) is 14.1. The van der Waals surface area contributed by atoms with Crippen molar-refractivity contribution >= 4 is 22.4 Å². The van der Waals surface area contributed by atoms with Crippen LogP contribution in [0.4, 0.5) is 5.69 Å². The average molecular weight is 331 g/mol. The van der Waals surface area contributed by atoms with Crippen LogP contribution in [0, 0.1) is 5.92 Å². The van der Waals surface area contributed by atoms with Crippen molar-refractivity contribution in [1.29, 1.82) is 0 Å². The van der Waals surface area contributed by atoms with E-state index >= 15 is 0 Å². The second-order valence-electron chi connectivity index (χ2n) is 6.81. The maximum absolute atomic E-state index is 12.6. The summed E-state index contributed by atoms with van der Waals surface area (Å²) in [4.78, 5) is 12.6. The van der Waals surface area contributed by atoms with Gasteiger partial charge in [-0.3, -0.25) is 4.79 Å². The second kappa shape index (κ2) is 6.34. The van der Waals surface area contributed by atoms with Gasteiger partial charge in [-0.2, -0.15) is 0 Å². The molecule has 0 saturated heterocycles. The fourth-order valence-electron chi connectivity index (χ4n) is 3.49. The molecule has 3 atom stereocenters. The van der Waals surface area contributed by atoms with E-state index < -0.39 is 6.10 Å².